The Bertz CT molecular complexity index is 555. The van der Waals surface area contributed by atoms with Gasteiger partial charge in [-0.05, 0) is 38.1 Å². The maximum atomic E-state index is 12.0. The molecule has 2 heterocycles. The summed E-state index contributed by atoms with van der Waals surface area (Å²) in [5.74, 6) is 2.14. The Balaban J connectivity index is 2.10. The number of hydrogen-bond donors (Lipinski definition) is 1. The zero-order chi connectivity index (χ0) is 13.8. The standard InChI is InChI=1S/C14H17NO4/c1-9-4-6-12(18-9)11(8-17-3)15-14(16)13-7-5-10(2)19-13/h4-7,11H,8H2,1-3H3,(H,15,16)/t11-/m0/s1. The zero-order valence-electron chi connectivity index (χ0n) is 11.2. The molecule has 5 nitrogen and oxygen atoms in total. The van der Waals surface area contributed by atoms with Crippen molar-refractivity contribution in [3.05, 3.63) is 47.3 Å². The summed E-state index contributed by atoms with van der Waals surface area (Å²) >= 11 is 0. The van der Waals surface area contributed by atoms with Gasteiger partial charge in [-0.3, -0.25) is 4.79 Å². The molecule has 102 valence electrons. The smallest absolute Gasteiger partial charge is 0.287 e. The molecule has 19 heavy (non-hydrogen) atoms. The van der Waals surface area contributed by atoms with E-state index in [1.165, 1.54) is 0 Å². The number of aryl methyl sites for hydroxylation is 2. The van der Waals surface area contributed by atoms with Gasteiger partial charge in [-0.2, -0.15) is 0 Å². The fourth-order valence-corrected chi connectivity index (χ4v) is 1.79. The number of carbonyl (C=O) groups is 1. The van der Waals surface area contributed by atoms with Gasteiger partial charge in [-0.25, -0.2) is 0 Å². The molecule has 1 N–H and O–H groups in total. The van der Waals surface area contributed by atoms with E-state index in [9.17, 15) is 4.79 Å². The summed E-state index contributed by atoms with van der Waals surface area (Å²) in [7, 11) is 1.58. The number of methoxy groups -OCH3 is 1. The Labute approximate surface area is 111 Å². The van der Waals surface area contributed by atoms with E-state index in [2.05, 4.69) is 5.32 Å². The molecule has 0 spiro atoms. The highest BCUT2D eigenvalue weighted by Gasteiger charge is 2.20. The molecule has 0 fully saturated rings. The van der Waals surface area contributed by atoms with Crippen LogP contribution in [0.1, 0.15) is 33.9 Å². The van der Waals surface area contributed by atoms with E-state index in [1.54, 1.807) is 26.2 Å². The Morgan fingerprint density at radius 1 is 1.21 bits per heavy atom. The first-order valence-electron chi connectivity index (χ1n) is 6.02. The molecule has 0 saturated carbocycles. The van der Waals surface area contributed by atoms with Crippen molar-refractivity contribution in [1.82, 2.24) is 5.32 Å². The molecule has 1 atom stereocenters. The number of ether oxygens (including phenoxy) is 1. The molecular formula is C14H17NO4. The lowest BCUT2D eigenvalue weighted by molar-refractivity contribution is 0.0854. The quantitative estimate of drug-likeness (QED) is 0.900. The molecule has 0 aromatic carbocycles. The normalized spacial score (nSPS) is 12.4. The Morgan fingerprint density at radius 2 is 1.89 bits per heavy atom. The minimum atomic E-state index is -0.336. The van der Waals surface area contributed by atoms with Crippen LogP contribution in [0.25, 0.3) is 0 Å². The second kappa shape index (κ2) is 5.75. The maximum Gasteiger partial charge on any atom is 0.287 e. The second-order valence-electron chi connectivity index (χ2n) is 4.34. The predicted molar refractivity (Wildman–Crippen MR) is 69.0 cm³/mol. The molecule has 1 amide bonds. The predicted octanol–water partition coefficient (Wildman–Crippen LogP) is 2.61. The third-order valence-electron chi connectivity index (χ3n) is 2.71. The molecular weight excluding hydrogens is 246 g/mol. The van der Waals surface area contributed by atoms with Crippen molar-refractivity contribution >= 4 is 5.91 Å². The molecule has 5 heteroatoms. The average Bonchev–Trinajstić information content (AvgIpc) is 2.97. The van der Waals surface area contributed by atoms with Crippen LogP contribution in [-0.2, 0) is 4.74 Å². The third-order valence-corrected chi connectivity index (χ3v) is 2.71. The van der Waals surface area contributed by atoms with Gasteiger partial charge in [0, 0.05) is 7.11 Å². The monoisotopic (exact) mass is 263 g/mol. The minimum absolute atomic E-state index is 0.280. The highest BCUT2D eigenvalue weighted by molar-refractivity contribution is 5.91. The van der Waals surface area contributed by atoms with Crippen molar-refractivity contribution in [3.63, 3.8) is 0 Å². The van der Waals surface area contributed by atoms with Crippen LogP contribution >= 0.6 is 0 Å². The third kappa shape index (κ3) is 3.26. The first-order valence-corrected chi connectivity index (χ1v) is 6.02. The van der Waals surface area contributed by atoms with E-state index in [1.807, 2.05) is 19.1 Å². The summed E-state index contributed by atoms with van der Waals surface area (Å²) in [5.41, 5.74) is 0. The van der Waals surface area contributed by atoms with Gasteiger partial charge in [0.25, 0.3) is 5.91 Å². The van der Waals surface area contributed by atoms with Crippen LogP contribution in [0, 0.1) is 13.8 Å². The number of rotatable bonds is 5. The topological polar surface area (TPSA) is 64.6 Å². The fraction of sp³-hybridized carbons (Fsp3) is 0.357. The molecule has 2 aromatic rings. The lowest BCUT2D eigenvalue weighted by Gasteiger charge is -2.14. The molecule has 0 saturated heterocycles. The number of carbonyl (C=O) groups excluding carboxylic acids is 1. The minimum Gasteiger partial charge on any atom is -0.464 e. The van der Waals surface area contributed by atoms with E-state index in [0.29, 0.717) is 18.1 Å². The molecule has 0 radical (unpaired) electrons. The van der Waals surface area contributed by atoms with E-state index >= 15 is 0 Å². The van der Waals surface area contributed by atoms with E-state index < -0.39 is 0 Å². The van der Waals surface area contributed by atoms with Crippen molar-refractivity contribution in [3.8, 4) is 0 Å². The SMILES string of the molecule is COC[C@H](NC(=O)c1ccc(C)o1)c1ccc(C)o1. The highest BCUT2D eigenvalue weighted by Crippen LogP contribution is 2.17. The second-order valence-corrected chi connectivity index (χ2v) is 4.34. The first kappa shape index (κ1) is 13.4. The van der Waals surface area contributed by atoms with Crippen molar-refractivity contribution in [2.45, 2.75) is 19.9 Å². The summed E-state index contributed by atoms with van der Waals surface area (Å²) in [6, 6.07) is 6.73. The van der Waals surface area contributed by atoms with Crippen molar-refractivity contribution in [2.24, 2.45) is 0 Å². The molecule has 0 aliphatic heterocycles. The number of furan rings is 2. The average molecular weight is 263 g/mol. The Hall–Kier alpha value is -2.01. The summed E-state index contributed by atoms with van der Waals surface area (Å²) in [6.45, 7) is 3.97. The largest absolute Gasteiger partial charge is 0.464 e. The van der Waals surface area contributed by atoms with Crippen LogP contribution in [-0.4, -0.2) is 19.6 Å². The van der Waals surface area contributed by atoms with Gasteiger partial charge in [0.15, 0.2) is 5.76 Å². The van der Waals surface area contributed by atoms with Crippen molar-refractivity contribution in [2.75, 3.05) is 13.7 Å². The first-order chi connectivity index (χ1) is 9.10. The lowest BCUT2D eigenvalue weighted by atomic mass is 10.2. The zero-order valence-corrected chi connectivity index (χ0v) is 11.2. The van der Waals surface area contributed by atoms with E-state index in [4.69, 9.17) is 13.6 Å². The summed E-state index contributed by atoms with van der Waals surface area (Å²) in [4.78, 5) is 12.0. The van der Waals surface area contributed by atoms with E-state index in [-0.39, 0.29) is 17.7 Å². The summed E-state index contributed by atoms with van der Waals surface area (Å²) in [5, 5.41) is 2.83. The molecule has 0 aliphatic rings. The van der Waals surface area contributed by atoms with E-state index in [0.717, 1.165) is 5.76 Å². The molecule has 0 unspecified atom stereocenters. The summed E-state index contributed by atoms with van der Waals surface area (Å²) < 4.78 is 15.9. The molecule has 2 aromatic heterocycles. The van der Waals surface area contributed by atoms with Crippen LogP contribution in [0.2, 0.25) is 0 Å². The van der Waals surface area contributed by atoms with Gasteiger partial charge in [0.05, 0.1) is 6.61 Å². The number of hydrogen-bond acceptors (Lipinski definition) is 4. The van der Waals surface area contributed by atoms with Crippen molar-refractivity contribution < 1.29 is 18.4 Å². The Kier molecular flexibility index (Phi) is 4.06. The van der Waals surface area contributed by atoms with Crippen LogP contribution in [0.5, 0.6) is 0 Å². The molecule has 2 rings (SSSR count). The molecule has 0 bridgehead atoms. The van der Waals surface area contributed by atoms with Crippen LogP contribution in [0.4, 0.5) is 0 Å². The van der Waals surface area contributed by atoms with Crippen molar-refractivity contribution in [1.29, 1.82) is 0 Å². The van der Waals surface area contributed by atoms with Gasteiger partial charge in [-0.15, -0.1) is 0 Å². The molecule has 0 aliphatic carbocycles. The fourth-order valence-electron chi connectivity index (χ4n) is 1.79. The number of nitrogens with one attached hydrogen (secondary N) is 1. The van der Waals surface area contributed by atoms with Gasteiger partial charge in [-0.1, -0.05) is 0 Å². The highest BCUT2D eigenvalue weighted by atomic mass is 16.5. The summed E-state index contributed by atoms with van der Waals surface area (Å²) in [6.07, 6.45) is 0. The van der Waals surface area contributed by atoms with Gasteiger partial charge in [0.2, 0.25) is 0 Å². The van der Waals surface area contributed by atoms with Gasteiger partial charge in [0.1, 0.15) is 23.3 Å². The van der Waals surface area contributed by atoms with Crippen LogP contribution < -0.4 is 5.32 Å². The lowest BCUT2D eigenvalue weighted by Crippen LogP contribution is -2.30. The Morgan fingerprint density at radius 3 is 2.42 bits per heavy atom. The van der Waals surface area contributed by atoms with Crippen LogP contribution in [0.15, 0.2) is 33.1 Å². The van der Waals surface area contributed by atoms with Gasteiger partial charge >= 0.3 is 0 Å². The van der Waals surface area contributed by atoms with Crippen LogP contribution in [0.3, 0.4) is 0 Å². The van der Waals surface area contributed by atoms with Gasteiger partial charge < -0.3 is 18.9 Å². The number of amides is 1. The maximum absolute atomic E-state index is 12.0.